The SMILES string of the molecule is CN=C(c1ccccc1)C(C)C(C)(C)c1ccc(OC)cc1.[HH]. The predicted octanol–water partition coefficient (Wildman–Crippen LogP) is 4.97. The lowest BCUT2D eigenvalue weighted by Crippen LogP contribution is -2.33. The van der Waals surface area contributed by atoms with Crippen molar-refractivity contribution in [3.8, 4) is 5.75 Å². The zero-order valence-corrected chi connectivity index (χ0v) is 14.1. The highest BCUT2D eigenvalue weighted by Gasteiger charge is 2.31. The van der Waals surface area contributed by atoms with Crippen LogP contribution in [0.4, 0.5) is 0 Å². The van der Waals surface area contributed by atoms with Crippen molar-refractivity contribution in [2.75, 3.05) is 14.2 Å². The van der Waals surface area contributed by atoms with E-state index < -0.39 is 0 Å². The third-order valence-corrected chi connectivity index (χ3v) is 4.64. The minimum Gasteiger partial charge on any atom is -0.497 e. The first-order valence-corrected chi connectivity index (χ1v) is 7.67. The molecule has 0 aliphatic heterocycles. The van der Waals surface area contributed by atoms with Crippen LogP contribution in [0.15, 0.2) is 59.6 Å². The van der Waals surface area contributed by atoms with E-state index in [4.69, 9.17) is 4.74 Å². The van der Waals surface area contributed by atoms with E-state index in [1.807, 2.05) is 25.2 Å². The second kappa shape index (κ2) is 6.78. The molecule has 22 heavy (non-hydrogen) atoms. The Kier molecular flexibility index (Phi) is 5.02. The Morgan fingerprint density at radius 2 is 1.64 bits per heavy atom. The topological polar surface area (TPSA) is 21.6 Å². The molecule has 0 saturated heterocycles. The number of methoxy groups -OCH3 is 1. The molecule has 2 aromatic rings. The van der Waals surface area contributed by atoms with E-state index in [9.17, 15) is 0 Å². The highest BCUT2D eigenvalue weighted by molar-refractivity contribution is 6.02. The van der Waals surface area contributed by atoms with Gasteiger partial charge in [-0.25, -0.2) is 0 Å². The summed E-state index contributed by atoms with van der Waals surface area (Å²) in [6.45, 7) is 6.79. The predicted molar refractivity (Wildman–Crippen MR) is 96.2 cm³/mol. The highest BCUT2D eigenvalue weighted by Crippen LogP contribution is 2.34. The highest BCUT2D eigenvalue weighted by atomic mass is 16.5. The Balaban J connectivity index is 0.00000264. The molecule has 2 rings (SSSR count). The Morgan fingerprint density at radius 1 is 1.05 bits per heavy atom. The summed E-state index contributed by atoms with van der Waals surface area (Å²) in [6.07, 6.45) is 0. The molecule has 0 amide bonds. The van der Waals surface area contributed by atoms with Crippen molar-refractivity contribution >= 4 is 5.71 Å². The van der Waals surface area contributed by atoms with Gasteiger partial charge in [-0.05, 0) is 28.7 Å². The van der Waals surface area contributed by atoms with Crippen LogP contribution in [-0.2, 0) is 5.41 Å². The van der Waals surface area contributed by atoms with E-state index >= 15 is 0 Å². The average molecular weight is 297 g/mol. The third-order valence-electron chi connectivity index (χ3n) is 4.64. The van der Waals surface area contributed by atoms with E-state index in [0.717, 1.165) is 11.5 Å². The van der Waals surface area contributed by atoms with Crippen molar-refractivity contribution in [2.24, 2.45) is 10.9 Å². The van der Waals surface area contributed by atoms with Crippen LogP contribution in [0.3, 0.4) is 0 Å². The summed E-state index contributed by atoms with van der Waals surface area (Å²) in [5.41, 5.74) is 3.61. The molecule has 0 heterocycles. The number of rotatable bonds is 5. The maximum atomic E-state index is 5.26. The number of ether oxygens (including phenoxy) is 1. The van der Waals surface area contributed by atoms with Crippen molar-refractivity contribution in [2.45, 2.75) is 26.2 Å². The zero-order chi connectivity index (χ0) is 16.2. The van der Waals surface area contributed by atoms with Gasteiger partial charge in [0.2, 0.25) is 0 Å². The van der Waals surface area contributed by atoms with Gasteiger partial charge in [0.25, 0.3) is 0 Å². The molecule has 0 aromatic heterocycles. The molecule has 1 unspecified atom stereocenters. The third kappa shape index (κ3) is 3.22. The van der Waals surface area contributed by atoms with Crippen LogP contribution in [-0.4, -0.2) is 19.9 Å². The molecule has 0 bridgehead atoms. The molecule has 0 aliphatic rings. The van der Waals surface area contributed by atoms with Crippen LogP contribution in [0.25, 0.3) is 0 Å². The number of hydrogen-bond donors (Lipinski definition) is 0. The van der Waals surface area contributed by atoms with Gasteiger partial charge in [-0.15, -0.1) is 0 Å². The molecule has 0 fully saturated rings. The van der Waals surface area contributed by atoms with Crippen molar-refractivity contribution in [3.63, 3.8) is 0 Å². The number of benzene rings is 2. The van der Waals surface area contributed by atoms with Gasteiger partial charge in [-0.2, -0.15) is 0 Å². The van der Waals surface area contributed by atoms with Gasteiger partial charge in [-0.3, -0.25) is 4.99 Å². The molecule has 0 N–H and O–H groups in total. The molecular formula is C20H27NO. The van der Waals surface area contributed by atoms with Gasteiger partial charge < -0.3 is 4.74 Å². The lowest BCUT2D eigenvalue weighted by atomic mass is 9.71. The first kappa shape index (κ1) is 16.3. The standard InChI is InChI=1S/C20H25NO.H2/c1-15(19(21-4)16-9-7-6-8-10-16)20(2,3)17-11-13-18(22-5)14-12-17;/h6-15H,1-5H3;1H. The average Bonchev–Trinajstić information content (AvgIpc) is 2.56. The molecule has 2 aromatic carbocycles. The molecule has 1 atom stereocenters. The van der Waals surface area contributed by atoms with Gasteiger partial charge in [0, 0.05) is 20.1 Å². The fourth-order valence-electron chi connectivity index (χ4n) is 2.79. The second-order valence-corrected chi connectivity index (χ2v) is 6.15. The smallest absolute Gasteiger partial charge is 0.118 e. The van der Waals surface area contributed by atoms with Crippen LogP contribution in [0.2, 0.25) is 0 Å². The summed E-state index contributed by atoms with van der Waals surface area (Å²) in [5.74, 6) is 1.19. The molecule has 2 heteroatoms. The van der Waals surface area contributed by atoms with Crippen molar-refractivity contribution in [1.29, 1.82) is 0 Å². The number of nitrogens with zero attached hydrogens (tertiary/aromatic N) is 1. The normalized spacial score (nSPS) is 13.8. The molecule has 0 spiro atoms. The van der Waals surface area contributed by atoms with Crippen molar-refractivity contribution in [1.82, 2.24) is 0 Å². The van der Waals surface area contributed by atoms with Crippen LogP contribution in [0.5, 0.6) is 5.75 Å². The van der Waals surface area contributed by atoms with E-state index in [1.54, 1.807) is 7.11 Å². The van der Waals surface area contributed by atoms with Gasteiger partial charge in [-0.1, -0.05) is 63.2 Å². The summed E-state index contributed by atoms with van der Waals surface area (Å²) in [6, 6.07) is 18.8. The van der Waals surface area contributed by atoms with Crippen LogP contribution < -0.4 is 4.74 Å². The molecule has 0 saturated carbocycles. The van der Waals surface area contributed by atoms with E-state index in [2.05, 4.69) is 62.2 Å². The molecule has 118 valence electrons. The summed E-state index contributed by atoms with van der Waals surface area (Å²) < 4.78 is 5.26. The fraction of sp³-hybridized carbons (Fsp3) is 0.350. The quantitative estimate of drug-likeness (QED) is 0.714. The number of aliphatic imine (C=N–C) groups is 1. The Labute approximate surface area is 135 Å². The maximum Gasteiger partial charge on any atom is 0.118 e. The Hall–Kier alpha value is -2.09. The van der Waals surface area contributed by atoms with Gasteiger partial charge >= 0.3 is 0 Å². The monoisotopic (exact) mass is 297 g/mol. The summed E-state index contributed by atoms with van der Waals surface area (Å²) in [7, 11) is 3.57. The largest absolute Gasteiger partial charge is 0.497 e. The van der Waals surface area contributed by atoms with Gasteiger partial charge in [0.05, 0.1) is 7.11 Å². The van der Waals surface area contributed by atoms with Crippen LogP contribution >= 0.6 is 0 Å². The Morgan fingerprint density at radius 3 is 2.14 bits per heavy atom. The zero-order valence-electron chi connectivity index (χ0n) is 14.1. The van der Waals surface area contributed by atoms with E-state index in [0.29, 0.717) is 5.92 Å². The van der Waals surface area contributed by atoms with Gasteiger partial charge in [0.15, 0.2) is 0 Å². The minimum absolute atomic E-state index is 0. The lowest BCUT2D eigenvalue weighted by molar-refractivity contribution is 0.410. The maximum absolute atomic E-state index is 5.26. The first-order chi connectivity index (χ1) is 10.5. The van der Waals surface area contributed by atoms with Crippen LogP contribution in [0.1, 0.15) is 33.3 Å². The second-order valence-electron chi connectivity index (χ2n) is 6.15. The van der Waals surface area contributed by atoms with Gasteiger partial charge in [0.1, 0.15) is 5.75 Å². The van der Waals surface area contributed by atoms with Crippen LogP contribution in [0, 0.1) is 5.92 Å². The molecular weight excluding hydrogens is 270 g/mol. The lowest BCUT2D eigenvalue weighted by Gasteiger charge is -2.33. The summed E-state index contributed by atoms with van der Waals surface area (Å²) >= 11 is 0. The summed E-state index contributed by atoms with van der Waals surface area (Å²) in [5, 5.41) is 0. The van der Waals surface area contributed by atoms with E-state index in [-0.39, 0.29) is 6.84 Å². The van der Waals surface area contributed by atoms with Crippen molar-refractivity contribution in [3.05, 3.63) is 65.7 Å². The summed E-state index contributed by atoms with van der Waals surface area (Å²) in [4.78, 5) is 4.58. The minimum atomic E-state index is -0.0169. The molecule has 0 aliphatic carbocycles. The first-order valence-electron chi connectivity index (χ1n) is 7.67. The number of hydrogen-bond acceptors (Lipinski definition) is 2. The fourth-order valence-corrected chi connectivity index (χ4v) is 2.79. The molecule has 0 radical (unpaired) electrons. The molecule has 2 nitrogen and oxygen atoms in total. The van der Waals surface area contributed by atoms with E-state index in [1.165, 1.54) is 11.1 Å². The van der Waals surface area contributed by atoms with Crippen molar-refractivity contribution < 1.29 is 6.16 Å². The Bertz CT molecular complexity index is 632.